The zero-order chi connectivity index (χ0) is 11.4. The summed E-state index contributed by atoms with van der Waals surface area (Å²) in [6, 6.07) is 14.8. The molecule has 1 aromatic carbocycles. The summed E-state index contributed by atoms with van der Waals surface area (Å²) in [4.78, 5) is 4.33. The van der Waals surface area contributed by atoms with Crippen LogP contribution in [0.25, 0.3) is 0 Å². The average molecular weight is 212 g/mol. The standard InChI is InChI=1S/C14H16N2/c1-11-8-9-13(10-16-11)14(15-2)12-6-4-3-5-7-12/h3-10,14-15H,1-2H3. The molecule has 2 heteroatoms. The second-order valence-electron chi connectivity index (χ2n) is 3.87. The van der Waals surface area contributed by atoms with Crippen molar-refractivity contribution in [1.29, 1.82) is 0 Å². The van der Waals surface area contributed by atoms with Gasteiger partial charge in [-0.2, -0.15) is 0 Å². The van der Waals surface area contributed by atoms with Gasteiger partial charge in [-0.05, 0) is 31.2 Å². The molecule has 82 valence electrons. The van der Waals surface area contributed by atoms with E-state index in [0.717, 1.165) is 5.69 Å². The molecule has 0 aliphatic carbocycles. The SMILES string of the molecule is CNC(c1ccccc1)c1ccc(C)nc1. The van der Waals surface area contributed by atoms with Crippen molar-refractivity contribution in [3.8, 4) is 0 Å². The van der Waals surface area contributed by atoms with Gasteiger partial charge in [0.1, 0.15) is 0 Å². The number of aryl methyl sites for hydroxylation is 1. The van der Waals surface area contributed by atoms with E-state index in [-0.39, 0.29) is 6.04 Å². The third-order valence-corrected chi connectivity index (χ3v) is 2.69. The van der Waals surface area contributed by atoms with Crippen LogP contribution in [0.3, 0.4) is 0 Å². The van der Waals surface area contributed by atoms with Gasteiger partial charge in [-0.25, -0.2) is 0 Å². The molecule has 1 N–H and O–H groups in total. The number of nitrogens with zero attached hydrogens (tertiary/aromatic N) is 1. The quantitative estimate of drug-likeness (QED) is 0.846. The fourth-order valence-electron chi connectivity index (χ4n) is 1.82. The molecule has 0 radical (unpaired) electrons. The summed E-state index contributed by atoms with van der Waals surface area (Å²) >= 11 is 0. The van der Waals surface area contributed by atoms with Gasteiger partial charge in [-0.3, -0.25) is 4.98 Å². The summed E-state index contributed by atoms with van der Waals surface area (Å²) < 4.78 is 0. The van der Waals surface area contributed by atoms with Crippen LogP contribution in [0, 0.1) is 6.92 Å². The molecular weight excluding hydrogens is 196 g/mol. The van der Waals surface area contributed by atoms with Crippen LogP contribution in [0.15, 0.2) is 48.7 Å². The maximum absolute atomic E-state index is 4.33. The van der Waals surface area contributed by atoms with Crippen LogP contribution in [-0.2, 0) is 0 Å². The molecule has 0 saturated heterocycles. The average Bonchev–Trinajstić information content (AvgIpc) is 2.34. The van der Waals surface area contributed by atoms with Gasteiger partial charge >= 0.3 is 0 Å². The lowest BCUT2D eigenvalue weighted by atomic mass is 10.0. The Bertz CT molecular complexity index is 434. The van der Waals surface area contributed by atoms with Crippen LogP contribution in [0.1, 0.15) is 22.9 Å². The van der Waals surface area contributed by atoms with E-state index in [1.54, 1.807) is 0 Å². The first-order valence-electron chi connectivity index (χ1n) is 5.46. The Morgan fingerprint density at radius 1 is 1.00 bits per heavy atom. The number of aromatic nitrogens is 1. The van der Waals surface area contributed by atoms with Crippen LogP contribution in [-0.4, -0.2) is 12.0 Å². The topological polar surface area (TPSA) is 24.9 Å². The highest BCUT2D eigenvalue weighted by atomic mass is 14.9. The van der Waals surface area contributed by atoms with E-state index in [9.17, 15) is 0 Å². The highest BCUT2D eigenvalue weighted by molar-refractivity contribution is 5.30. The predicted molar refractivity (Wildman–Crippen MR) is 66.3 cm³/mol. The summed E-state index contributed by atoms with van der Waals surface area (Å²) in [6.07, 6.45) is 1.93. The highest BCUT2D eigenvalue weighted by Gasteiger charge is 2.10. The highest BCUT2D eigenvalue weighted by Crippen LogP contribution is 2.20. The van der Waals surface area contributed by atoms with Crippen molar-refractivity contribution < 1.29 is 0 Å². The first-order valence-corrected chi connectivity index (χ1v) is 5.46. The van der Waals surface area contributed by atoms with Crippen molar-refractivity contribution in [2.45, 2.75) is 13.0 Å². The lowest BCUT2D eigenvalue weighted by Gasteiger charge is -2.16. The fourth-order valence-corrected chi connectivity index (χ4v) is 1.82. The van der Waals surface area contributed by atoms with Crippen molar-refractivity contribution in [1.82, 2.24) is 10.3 Å². The Kier molecular flexibility index (Phi) is 3.32. The summed E-state index contributed by atoms with van der Waals surface area (Å²) in [6.45, 7) is 2.00. The third-order valence-electron chi connectivity index (χ3n) is 2.69. The van der Waals surface area contributed by atoms with Crippen LogP contribution in [0.4, 0.5) is 0 Å². The van der Waals surface area contributed by atoms with E-state index in [1.807, 2.05) is 32.3 Å². The normalized spacial score (nSPS) is 12.4. The van der Waals surface area contributed by atoms with Gasteiger partial charge in [0.25, 0.3) is 0 Å². The Morgan fingerprint density at radius 3 is 2.31 bits per heavy atom. The monoisotopic (exact) mass is 212 g/mol. The lowest BCUT2D eigenvalue weighted by Crippen LogP contribution is -2.17. The molecule has 0 bridgehead atoms. The van der Waals surface area contributed by atoms with E-state index in [1.165, 1.54) is 11.1 Å². The zero-order valence-corrected chi connectivity index (χ0v) is 9.64. The molecule has 1 unspecified atom stereocenters. The maximum atomic E-state index is 4.33. The smallest absolute Gasteiger partial charge is 0.0589 e. The van der Waals surface area contributed by atoms with Gasteiger partial charge in [0.15, 0.2) is 0 Å². The van der Waals surface area contributed by atoms with E-state index in [2.05, 4.69) is 40.6 Å². The molecule has 2 rings (SSSR count). The second-order valence-corrected chi connectivity index (χ2v) is 3.87. The largest absolute Gasteiger partial charge is 0.309 e. The number of pyridine rings is 1. The van der Waals surface area contributed by atoms with Gasteiger partial charge in [-0.15, -0.1) is 0 Å². The first-order chi connectivity index (χ1) is 7.81. The molecule has 0 aliphatic heterocycles. The van der Waals surface area contributed by atoms with Crippen LogP contribution in [0.2, 0.25) is 0 Å². The van der Waals surface area contributed by atoms with Gasteiger partial charge in [0.05, 0.1) is 6.04 Å². The minimum absolute atomic E-state index is 0.217. The van der Waals surface area contributed by atoms with E-state index >= 15 is 0 Å². The summed E-state index contributed by atoms with van der Waals surface area (Å²) in [5.41, 5.74) is 3.50. The van der Waals surface area contributed by atoms with Gasteiger partial charge in [-0.1, -0.05) is 36.4 Å². The molecule has 0 spiro atoms. The predicted octanol–water partition coefficient (Wildman–Crippen LogP) is 2.70. The third kappa shape index (κ3) is 2.28. The Balaban J connectivity index is 2.33. The molecule has 16 heavy (non-hydrogen) atoms. The van der Waals surface area contributed by atoms with Crippen molar-refractivity contribution >= 4 is 0 Å². The van der Waals surface area contributed by atoms with Crippen LogP contribution < -0.4 is 5.32 Å². The van der Waals surface area contributed by atoms with E-state index < -0.39 is 0 Å². The second kappa shape index (κ2) is 4.90. The van der Waals surface area contributed by atoms with Gasteiger partial charge < -0.3 is 5.32 Å². The molecular formula is C14H16N2. The molecule has 2 aromatic rings. The van der Waals surface area contributed by atoms with Crippen molar-refractivity contribution in [3.63, 3.8) is 0 Å². The summed E-state index contributed by atoms with van der Waals surface area (Å²) in [7, 11) is 1.97. The van der Waals surface area contributed by atoms with Gasteiger partial charge in [0, 0.05) is 11.9 Å². The number of rotatable bonds is 3. The van der Waals surface area contributed by atoms with Gasteiger partial charge in [0.2, 0.25) is 0 Å². The Hall–Kier alpha value is -1.67. The Labute approximate surface area is 96.4 Å². The molecule has 0 saturated carbocycles. The van der Waals surface area contributed by atoms with Crippen LogP contribution >= 0.6 is 0 Å². The molecule has 1 atom stereocenters. The fraction of sp³-hybridized carbons (Fsp3) is 0.214. The summed E-state index contributed by atoms with van der Waals surface area (Å²) in [5.74, 6) is 0. The number of benzene rings is 1. The molecule has 2 nitrogen and oxygen atoms in total. The lowest BCUT2D eigenvalue weighted by molar-refractivity contribution is 0.688. The van der Waals surface area contributed by atoms with Crippen molar-refractivity contribution in [3.05, 3.63) is 65.5 Å². The number of hydrogen-bond donors (Lipinski definition) is 1. The molecule has 0 aliphatic rings. The number of hydrogen-bond acceptors (Lipinski definition) is 2. The molecule has 0 fully saturated rings. The minimum Gasteiger partial charge on any atom is -0.309 e. The van der Waals surface area contributed by atoms with Crippen molar-refractivity contribution in [2.24, 2.45) is 0 Å². The molecule has 1 aromatic heterocycles. The van der Waals surface area contributed by atoms with E-state index in [4.69, 9.17) is 0 Å². The number of nitrogens with one attached hydrogen (secondary N) is 1. The van der Waals surface area contributed by atoms with E-state index in [0.29, 0.717) is 0 Å². The first kappa shape index (κ1) is 10.8. The van der Waals surface area contributed by atoms with Crippen molar-refractivity contribution in [2.75, 3.05) is 7.05 Å². The minimum atomic E-state index is 0.217. The zero-order valence-electron chi connectivity index (χ0n) is 9.64. The van der Waals surface area contributed by atoms with Crippen LogP contribution in [0.5, 0.6) is 0 Å². The Morgan fingerprint density at radius 2 is 1.75 bits per heavy atom. The molecule has 0 amide bonds. The maximum Gasteiger partial charge on any atom is 0.0589 e. The molecule has 1 heterocycles. The summed E-state index contributed by atoms with van der Waals surface area (Å²) in [5, 5.41) is 3.31.